The standard InChI is InChI=1S/C11H25NO2Si/c1-5-12(6-2)10-15-9-11(13-7-3)14-8-4/h9H,5-8,10,15H2,1-4H3. The third-order valence-corrected chi connectivity index (χ3v) is 3.74. The van der Waals surface area contributed by atoms with Crippen molar-refractivity contribution in [2.75, 3.05) is 32.5 Å². The van der Waals surface area contributed by atoms with Crippen LogP contribution in [0.25, 0.3) is 0 Å². The van der Waals surface area contributed by atoms with E-state index in [9.17, 15) is 0 Å². The molecule has 3 nitrogen and oxygen atoms in total. The minimum atomic E-state index is -0.232. The number of hydrogen-bond donors (Lipinski definition) is 0. The van der Waals surface area contributed by atoms with Crippen molar-refractivity contribution in [1.82, 2.24) is 4.90 Å². The Morgan fingerprint density at radius 1 is 1.07 bits per heavy atom. The molecule has 0 aromatic heterocycles. The summed E-state index contributed by atoms with van der Waals surface area (Å²) in [6.07, 6.45) is 1.21. The molecule has 0 aromatic rings. The quantitative estimate of drug-likeness (QED) is 0.441. The van der Waals surface area contributed by atoms with Crippen LogP contribution >= 0.6 is 0 Å². The lowest BCUT2D eigenvalue weighted by Crippen LogP contribution is -2.27. The molecule has 0 rings (SSSR count). The van der Waals surface area contributed by atoms with Crippen molar-refractivity contribution < 1.29 is 9.47 Å². The topological polar surface area (TPSA) is 21.7 Å². The number of hydrogen-bond acceptors (Lipinski definition) is 3. The summed E-state index contributed by atoms with van der Waals surface area (Å²) in [6.45, 7) is 12.0. The molecule has 0 fully saturated rings. The summed E-state index contributed by atoms with van der Waals surface area (Å²) in [5, 5.41) is 0. The van der Waals surface area contributed by atoms with E-state index in [-0.39, 0.29) is 9.52 Å². The molecule has 0 aliphatic heterocycles. The van der Waals surface area contributed by atoms with Gasteiger partial charge in [-0.2, -0.15) is 0 Å². The van der Waals surface area contributed by atoms with Gasteiger partial charge >= 0.3 is 0 Å². The summed E-state index contributed by atoms with van der Waals surface area (Å²) in [5.74, 6) is 0.735. The van der Waals surface area contributed by atoms with Crippen molar-refractivity contribution in [2.24, 2.45) is 0 Å². The molecule has 0 saturated heterocycles. The van der Waals surface area contributed by atoms with E-state index in [1.54, 1.807) is 0 Å². The Kier molecular flexibility index (Phi) is 9.73. The van der Waals surface area contributed by atoms with Crippen molar-refractivity contribution in [1.29, 1.82) is 0 Å². The zero-order chi connectivity index (χ0) is 11.5. The van der Waals surface area contributed by atoms with E-state index in [0.29, 0.717) is 13.2 Å². The highest BCUT2D eigenvalue weighted by Gasteiger charge is 2.00. The maximum atomic E-state index is 5.39. The zero-order valence-corrected chi connectivity index (χ0v) is 12.0. The Labute approximate surface area is 96.3 Å². The monoisotopic (exact) mass is 231 g/mol. The molecule has 0 heterocycles. The summed E-state index contributed by atoms with van der Waals surface area (Å²) >= 11 is 0. The molecule has 0 spiro atoms. The Morgan fingerprint density at radius 2 is 1.60 bits per heavy atom. The van der Waals surface area contributed by atoms with Gasteiger partial charge in [-0.05, 0) is 38.8 Å². The van der Waals surface area contributed by atoms with Crippen LogP contribution in [0.2, 0.25) is 0 Å². The van der Waals surface area contributed by atoms with E-state index in [1.165, 1.54) is 6.17 Å². The largest absolute Gasteiger partial charge is 0.466 e. The van der Waals surface area contributed by atoms with Gasteiger partial charge in [0.05, 0.1) is 22.7 Å². The first-order valence-corrected chi connectivity index (χ1v) is 7.78. The molecule has 0 bridgehead atoms. The lowest BCUT2D eigenvalue weighted by molar-refractivity contribution is 0.0475. The second-order valence-electron chi connectivity index (χ2n) is 3.20. The Morgan fingerprint density at radius 3 is 2.00 bits per heavy atom. The van der Waals surface area contributed by atoms with Crippen LogP contribution in [0.1, 0.15) is 27.7 Å². The fraction of sp³-hybridized carbons (Fsp3) is 0.818. The summed E-state index contributed by atoms with van der Waals surface area (Å²) in [4.78, 5) is 2.44. The van der Waals surface area contributed by atoms with E-state index in [2.05, 4.69) is 24.4 Å². The smallest absolute Gasteiger partial charge is 0.270 e. The highest BCUT2D eigenvalue weighted by Crippen LogP contribution is 1.98. The van der Waals surface area contributed by atoms with Gasteiger partial charge in [0.15, 0.2) is 0 Å². The Balaban J connectivity index is 3.86. The van der Waals surface area contributed by atoms with Crippen LogP contribution in [-0.2, 0) is 9.47 Å². The van der Waals surface area contributed by atoms with Gasteiger partial charge in [-0.25, -0.2) is 0 Å². The SMILES string of the molecule is CCOC(=C[SiH2]CN(CC)CC)OCC. The van der Waals surface area contributed by atoms with E-state index in [4.69, 9.17) is 9.47 Å². The molecule has 0 aliphatic rings. The second-order valence-corrected chi connectivity index (χ2v) is 4.64. The predicted octanol–water partition coefficient (Wildman–Crippen LogP) is 1.33. The fourth-order valence-electron chi connectivity index (χ4n) is 1.35. The molecular weight excluding hydrogens is 206 g/mol. The number of ether oxygens (including phenoxy) is 2. The third-order valence-electron chi connectivity index (χ3n) is 2.22. The lowest BCUT2D eigenvalue weighted by atomic mass is 10.6. The van der Waals surface area contributed by atoms with Gasteiger partial charge in [0.2, 0.25) is 0 Å². The third kappa shape index (κ3) is 7.45. The summed E-state index contributed by atoms with van der Waals surface area (Å²) in [7, 11) is -0.232. The minimum Gasteiger partial charge on any atom is -0.466 e. The van der Waals surface area contributed by atoms with Crippen molar-refractivity contribution in [3.8, 4) is 0 Å². The average molecular weight is 231 g/mol. The molecule has 0 aliphatic carbocycles. The van der Waals surface area contributed by atoms with Crippen LogP contribution in [0.15, 0.2) is 11.6 Å². The Bertz CT molecular complexity index is 162. The molecule has 0 saturated carbocycles. The van der Waals surface area contributed by atoms with Gasteiger partial charge in [0.1, 0.15) is 0 Å². The average Bonchev–Trinajstić information content (AvgIpc) is 2.25. The molecule has 0 amide bonds. The molecule has 15 heavy (non-hydrogen) atoms. The first kappa shape index (κ1) is 14.5. The van der Waals surface area contributed by atoms with Crippen LogP contribution in [0.3, 0.4) is 0 Å². The molecule has 0 unspecified atom stereocenters. The number of rotatable bonds is 9. The molecule has 4 heteroatoms. The predicted molar refractivity (Wildman–Crippen MR) is 67.7 cm³/mol. The highest BCUT2D eigenvalue weighted by molar-refractivity contribution is 6.42. The maximum absolute atomic E-state index is 5.39. The summed E-state index contributed by atoms with van der Waals surface area (Å²) in [5.41, 5.74) is 2.17. The molecule has 0 atom stereocenters. The number of nitrogens with zero attached hydrogens (tertiary/aromatic N) is 1. The lowest BCUT2D eigenvalue weighted by Gasteiger charge is -2.16. The van der Waals surface area contributed by atoms with Gasteiger partial charge in [-0.3, -0.25) is 0 Å². The molecule has 0 radical (unpaired) electrons. The van der Waals surface area contributed by atoms with E-state index in [0.717, 1.165) is 19.0 Å². The first-order chi connectivity index (χ1) is 7.28. The maximum Gasteiger partial charge on any atom is 0.270 e. The van der Waals surface area contributed by atoms with Gasteiger partial charge in [0, 0.05) is 0 Å². The first-order valence-electron chi connectivity index (χ1n) is 5.96. The minimum absolute atomic E-state index is 0.232. The van der Waals surface area contributed by atoms with E-state index >= 15 is 0 Å². The molecule has 90 valence electrons. The van der Waals surface area contributed by atoms with Gasteiger partial charge < -0.3 is 14.4 Å². The molecular formula is C11H25NO2Si. The fourth-order valence-corrected chi connectivity index (χ4v) is 2.95. The van der Waals surface area contributed by atoms with Crippen molar-refractivity contribution in [3.63, 3.8) is 0 Å². The van der Waals surface area contributed by atoms with Crippen LogP contribution in [-0.4, -0.2) is 46.9 Å². The van der Waals surface area contributed by atoms with Crippen LogP contribution < -0.4 is 0 Å². The molecule has 0 aromatic carbocycles. The van der Waals surface area contributed by atoms with Crippen molar-refractivity contribution >= 4 is 9.52 Å². The van der Waals surface area contributed by atoms with E-state index < -0.39 is 0 Å². The van der Waals surface area contributed by atoms with E-state index in [1.807, 2.05) is 13.8 Å². The van der Waals surface area contributed by atoms with Gasteiger partial charge in [-0.1, -0.05) is 13.8 Å². The second kappa shape index (κ2) is 10.0. The Hall–Kier alpha value is -0.483. The van der Waals surface area contributed by atoms with Crippen LogP contribution in [0.4, 0.5) is 0 Å². The summed E-state index contributed by atoms with van der Waals surface area (Å²) in [6, 6.07) is 0. The normalized spacial score (nSPS) is 11.0. The zero-order valence-electron chi connectivity index (χ0n) is 10.6. The van der Waals surface area contributed by atoms with Gasteiger partial charge in [-0.15, -0.1) is 0 Å². The van der Waals surface area contributed by atoms with Gasteiger partial charge in [0.25, 0.3) is 5.95 Å². The van der Waals surface area contributed by atoms with Crippen LogP contribution in [0.5, 0.6) is 0 Å². The molecule has 0 N–H and O–H groups in total. The van der Waals surface area contributed by atoms with Crippen molar-refractivity contribution in [3.05, 3.63) is 11.6 Å². The highest BCUT2D eigenvalue weighted by atomic mass is 28.2. The summed E-state index contributed by atoms with van der Waals surface area (Å²) < 4.78 is 10.8. The van der Waals surface area contributed by atoms with Crippen LogP contribution in [0, 0.1) is 0 Å². The van der Waals surface area contributed by atoms with Crippen molar-refractivity contribution in [2.45, 2.75) is 27.7 Å².